The second kappa shape index (κ2) is 7.68. The van der Waals surface area contributed by atoms with Gasteiger partial charge in [0.25, 0.3) is 0 Å². The molecule has 0 radical (unpaired) electrons. The van der Waals surface area contributed by atoms with Gasteiger partial charge in [0.2, 0.25) is 0 Å². The lowest BCUT2D eigenvalue weighted by Gasteiger charge is -2.19. The molecular weight excluding hydrogens is 338 g/mol. The highest BCUT2D eigenvalue weighted by molar-refractivity contribution is 6.33. The van der Waals surface area contributed by atoms with Gasteiger partial charge in [-0.2, -0.15) is 0 Å². The van der Waals surface area contributed by atoms with Crippen LogP contribution in [0, 0.1) is 0 Å². The number of benzene rings is 2. The van der Waals surface area contributed by atoms with Crippen molar-refractivity contribution in [2.75, 3.05) is 21.3 Å². The van der Waals surface area contributed by atoms with Crippen molar-refractivity contribution in [2.24, 2.45) is 0 Å². The number of nitrogens with zero attached hydrogens (tertiary/aromatic N) is 3. The summed E-state index contributed by atoms with van der Waals surface area (Å²) in [6, 6.07) is 11.7. The first-order valence-corrected chi connectivity index (χ1v) is 8.28. The van der Waals surface area contributed by atoms with E-state index in [1.807, 2.05) is 49.6 Å². The molecule has 0 bridgehead atoms. The monoisotopic (exact) mass is 357 g/mol. The summed E-state index contributed by atoms with van der Waals surface area (Å²) in [5.41, 5.74) is 3.68. The van der Waals surface area contributed by atoms with Crippen molar-refractivity contribution < 1.29 is 9.47 Å². The zero-order chi connectivity index (χ0) is 17.8. The molecule has 0 aliphatic heterocycles. The first kappa shape index (κ1) is 17.5. The van der Waals surface area contributed by atoms with Crippen molar-refractivity contribution in [2.45, 2.75) is 13.1 Å². The Kier molecular flexibility index (Phi) is 5.36. The molecule has 1 aromatic heterocycles. The first-order valence-electron chi connectivity index (χ1n) is 7.91. The fourth-order valence-corrected chi connectivity index (χ4v) is 3.04. The summed E-state index contributed by atoms with van der Waals surface area (Å²) in [6.07, 6.45) is 1.81. The predicted octanol–water partition coefficient (Wildman–Crippen LogP) is 3.93. The number of rotatable bonds is 6. The van der Waals surface area contributed by atoms with E-state index >= 15 is 0 Å². The highest BCUT2D eigenvalue weighted by Crippen LogP contribution is 2.37. The molecule has 0 aliphatic carbocycles. The quantitative estimate of drug-likeness (QED) is 0.669. The van der Waals surface area contributed by atoms with E-state index in [-0.39, 0.29) is 0 Å². The highest BCUT2D eigenvalue weighted by atomic mass is 35.5. The Bertz CT molecular complexity index is 886. The van der Waals surface area contributed by atoms with E-state index < -0.39 is 0 Å². The van der Waals surface area contributed by atoms with Gasteiger partial charge in [0.05, 0.1) is 42.2 Å². The standard InChI is InChI=1S/C19H20ClN3O2/c1-23(11-13-8-9-17(24-2)19(25-3)18(13)20)12-14-10-21-15-6-4-5-7-16(15)22-14/h4-10H,11-12H2,1-3H3. The van der Waals surface area contributed by atoms with Gasteiger partial charge < -0.3 is 9.47 Å². The molecule has 0 amide bonds. The molecule has 3 aromatic rings. The maximum atomic E-state index is 6.46. The van der Waals surface area contributed by atoms with Gasteiger partial charge in [0.1, 0.15) is 0 Å². The molecule has 0 atom stereocenters. The largest absolute Gasteiger partial charge is 0.493 e. The maximum Gasteiger partial charge on any atom is 0.179 e. The van der Waals surface area contributed by atoms with Crippen LogP contribution in [0.25, 0.3) is 11.0 Å². The third-order valence-corrected chi connectivity index (χ3v) is 4.35. The van der Waals surface area contributed by atoms with Crippen molar-refractivity contribution >= 4 is 22.6 Å². The van der Waals surface area contributed by atoms with Crippen LogP contribution < -0.4 is 9.47 Å². The van der Waals surface area contributed by atoms with Crippen molar-refractivity contribution in [1.29, 1.82) is 0 Å². The van der Waals surface area contributed by atoms with Gasteiger partial charge in [-0.15, -0.1) is 0 Å². The van der Waals surface area contributed by atoms with E-state index in [1.54, 1.807) is 14.2 Å². The first-order chi connectivity index (χ1) is 12.1. The second-order valence-corrected chi connectivity index (χ2v) is 6.17. The average Bonchev–Trinajstić information content (AvgIpc) is 2.63. The van der Waals surface area contributed by atoms with Crippen molar-refractivity contribution in [3.05, 3.63) is 58.9 Å². The number of hydrogen-bond donors (Lipinski definition) is 0. The van der Waals surface area contributed by atoms with Crippen LogP contribution in [-0.2, 0) is 13.1 Å². The van der Waals surface area contributed by atoms with Crippen LogP contribution in [0.2, 0.25) is 5.02 Å². The number of aromatic nitrogens is 2. The van der Waals surface area contributed by atoms with E-state index in [0.717, 1.165) is 22.3 Å². The Labute approximate surface area is 152 Å². The molecule has 0 unspecified atom stereocenters. The van der Waals surface area contributed by atoms with Crippen LogP contribution in [0.1, 0.15) is 11.3 Å². The Morgan fingerprint density at radius 2 is 1.76 bits per heavy atom. The summed E-state index contributed by atoms with van der Waals surface area (Å²) >= 11 is 6.46. The van der Waals surface area contributed by atoms with E-state index in [2.05, 4.69) is 14.9 Å². The van der Waals surface area contributed by atoms with Gasteiger partial charge in [-0.05, 0) is 30.8 Å². The molecule has 0 aliphatic rings. The molecule has 0 saturated carbocycles. The summed E-state index contributed by atoms with van der Waals surface area (Å²) in [7, 11) is 5.20. The van der Waals surface area contributed by atoms with Crippen molar-refractivity contribution in [1.82, 2.24) is 14.9 Å². The van der Waals surface area contributed by atoms with Crippen molar-refractivity contribution in [3.8, 4) is 11.5 Å². The number of methoxy groups -OCH3 is 2. The van der Waals surface area contributed by atoms with Gasteiger partial charge in [-0.1, -0.05) is 29.8 Å². The molecule has 2 aromatic carbocycles. The minimum Gasteiger partial charge on any atom is -0.493 e. The van der Waals surface area contributed by atoms with Gasteiger partial charge in [-0.25, -0.2) is 4.98 Å². The normalized spacial score (nSPS) is 11.1. The van der Waals surface area contributed by atoms with Crippen LogP contribution in [0.5, 0.6) is 11.5 Å². The Morgan fingerprint density at radius 1 is 1.00 bits per heavy atom. The molecule has 3 rings (SSSR count). The van der Waals surface area contributed by atoms with Gasteiger partial charge in [0.15, 0.2) is 11.5 Å². The van der Waals surface area contributed by atoms with Crippen LogP contribution in [0.4, 0.5) is 0 Å². The third kappa shape index (κ3) is 3.83. The summed E-state index contributed by atoms with van der Waals surface area (Å²) in [5, 5.41) is 0.568. The summed E-state index contributed by atoms with van der Waals surface area (Å²) in [6.45, 7) is 1.33. The summed E-state index contributed by atoms with van der Waals surface area (Å²) in [4.78, 5) is 11.2. The number of halogens is 1. The summed E-state index contributed by atoms with van der Waals surface area (Å²) in [5.74, 6) is 1.18. The fraction of sp³-hybridized carbons (Fsp3) is 0.263. The average molecular weight is 358 g/mol. The fourth-order valence-electron chi connectivity index (χ4n) is 2.75. The molecule has 5 nitrogen and oxygen atoms in total. The molecule has 0 spiro atoms. The van der Waals surface area contributed by atoms with E-state index in [1.165, 1.54) is 0 Å². The van der Waals surface area contributed by atoms with E-state index in [4.69, 9.17) is 21.1 Å². The topological polar surface area (TPSA) is 47.5 Å². The number of para-hydroxylation sites is 2. The molecule has 1 heterocycles. The smallest absolute Gasteiger partial charge is 0.179 e. The molecule has 6 heteroatoms. The van der Waals surface area contributed by atoms with E-state index in [9.17, 15) is 0 Å². The highest BCUT2D eigenvalue weighted by Gasteiger charge is 2.14. The second-order valence-electron chi connectivity index (χ2n) is 5.80. The molecule has 130 valence electrons. The van der Waals surface area contributed by atoms with E-state index in [0.29, 0.717) is 29.6 Å². The molecule has 0 saturated heterocycles. The SMILES string of the molecule is COc1ccc(CN(C)Cc2cnc3ccccc3n2)c(Cl)c1OC. The maximum absolute atomic E-state index is 6.46. The minimum absolute atomic E-state index is 0.556. The lowest BCUT2D eigenvalue weighted by molar-refractivity contribution is 0.313. The van der Waals surface area contributed by atoms with Gasteiger partial charge >= 0.3 is 0 Å². The molecule has 25 heavy (non-hydrogen) atoms. The third-order valence-electron chi connectivity index (χ3n) is 3.94. The van der Waals surface area contributed by atoms with Crippen LogP contribution in [-0.4, -0.2) is 36.1 Å². The van der Waals surface area contributed by atoms with Crippen LogP contribution >= 0.6 is 11.6 Å². The molecule has 0 N–H and O–H groups in total. The number of hydrogen-bond acceptors (Lipinski definition) is 5. The van der Waals surface area contributed by atoms with Gasteiger partial charge in [0, 0.05) is 13.1 Å². The zero-order valence-electron chi connectivity index (χ0n) is 14.5. The minimum atomic E-state index is 0.556. The Balaban J connectivity index is 1.76. The van der Waals surface area contributed by atoms with Crippen LogP contribution in [0.3, 0.4) is 0 Å². The number of fused-ring (bicyclic) bond motifs is 1. The Hall–Kier alpha value is -2.37. The molecule has 0 fully saturated rings. The zero-order valence-corrected chi connectivity index (χ0v) is 15.2. The molecular formula is C19H20ClN3O2. The Morgan fingerprint density at radius 3 is 2.48 bits per heavy atom. The van der Waals surface area contributed by atoms with Gasteiger partial charge in [-0.3, -0.25) is 9.88 Å². The van der Waals surface area contributed by atoms with Crippen LogP contribution in [0.15, 0.2) is 42.6 Å². The lowest BCUT2D eigenvalue weighted by atomic mass is 10.2. The summed E-state index contributed by atoms with van der Waals surface area (Å²) < 4.78 is 10.6. The number of ether oxygens (including phenoxy) is 2. The van der Waals surface area contributed by atoms with Crippen molar-refractivity contribution in [3.63, 3.8) is 0 Å². The lowest BCUT2D eigenvalue weighted by Crippen LogP contribution is -2.18. The predicted molar refractivity (Wildman–Crippen MR) is 99.3 cm³/mol.